The Hall–Kier alpha value is -1.64. The van der Waals surface area contributed by atoms with Crippen LogP contribution in [0.4, 0.5) is 22.0 Å². The van der Waals surface area contributed by atoms with Gasteiger partial charge in [0.15, 0.2) is 0 Å². The van der Waals surface area contributed by atoms with E-state index in [1.165, 1.54) is 0 Å². The Bertz CT molecular complexity index is 491. The Morgan fingerprint density at radius 2 is 2.05 bits per heavy atom. The van der Waals surface area contributed by atoms with Crippen molar-refractivity contribution >= 4 is 17.6 Å². The maximum Gasteiger partial charge on any atom is 0.574 e. The highest BCUT2D eigenvalue weighted by Crippen LogP contribution is 2.32. The molecule has 1 aromatic rings. The third-order valence-corrected chi connectivity index (χ3v) is 2.14. The lowest BCUT2D eigenvalue weighted by molar-refractivity contribution is -0.276. The highest BCUT2D eigenvalue weighted by molar-refractivity contribution is 6.16. The topological polar surface area (TPSA) is 59.4 Å². The predicted octanol–water partition coefficient (Wildman–Crippen LogP) is 3.35. The minimum atomic E-state index is -5.26. The zero-order valence-electron chi connectivity index (χ0n) is 8.84. The SMILES string of the molecule is O=C(O)c1c(C(F)F)cc(CCl)nc1OC(F)(F)F. The van der Waals surface area contributed by atoms with Crippen molar-refractivity contribution in [1.82, 2.24) is 4.98 Å². The minimum absolute atomic E-state index is 0.360. The number of aromatic carboxylic acids is 1. The van der Waals surface area contributed by atoms with E-state index in [2.05, 4.69) is 9.72 Å². The van der Waals surface area contributed by atoms with E-state index in [9.17, 15) is 26.7 Å². The number of carboxylic acids is 1. The number of halogens is 6. The molecule has 106 valence electrons. The van der Waals surface area contributed by atoms with Gasteiger partial charge in [-0.05, 0) is 6.07 Å². The molecule has 0 aliphatic heterocycles. The normalized spacial score (nSPS) is 11.7. The standard InChI is InChI=1S/C9H5ClF5NO3/c10-2-3-1-4(6(11)12)5(8(17)18)7(16-3)19-9(13,14)15/h1,6H,2H2,(H,17,18). The molecule has 0 radical (unpaired) electrons. The van der Waals surface area contributed by atoms with Crippen LogP contribution in [0.1, 0.15) is 28.0 Å². The van der Waals surface area contributed by atoms with Gasteiger partial charge in [0.05, 0.1) is 11.6 Å². The lowest BCUT2D eigenvalue weighted by Crippen LogP contribution is -2.21. The van der Waals surface area contributed by atoms with Gasteiger partial charge < -0.3 is 9.84 Å². The maximum atomic E-state index is 12.6. The zero-order chi connectivity index (χ0) is 14.8. The van der Waals surface area contributed by atoms with Crippen LogP contribution < -0.4 is 4.74 Å². The predicted molar refractivity (Wildman–Crippen MR) is 52.4 cm³/mol. The van der Waals surface area contributed by atoms with Crippen molar-refractivity contribution in [3.8, 4) is 5.88 Å². The lowest BCUT2D eigenvalue weighted by atomic mass is 10.1. The van der Waals surface area contributed by atoms with E-state index in [4.69, 9.17) is 16.7 Å². The molecule has 0 amide bonds. The third kappa shape index (κ3) is 3.91. The van der Waals surface area contributed by atoms with Crippen molar-refractivity contribution in [2.75, 3.05) is 0 Å². The summed E-state index contributed by atoms with van der Waals surface area (Å²) in [5.41, 5.74) is -2.85. The average molecular weight is 306 g/mol. The summed E-state index contributed by atoms with van der Waals surface area (Å²) in [5.74, 6) is -3.95. The number of rotatable bonds is 4. The van der Waals surface area contributed by atoms with Gasteiger partial charge in [-0.1, -0.05) is 0 Å². The van der Waals surface area contributed by atoms with Crippen molar-refractivity contribution in [1.29, 1.82) is 0 Å². The van der Waals surface area contributed by atoms with Gasteiger partial charge in [0.25, 0.3) is 6.43 Å². The van der Waals surface area contributed by atoms with Crippen molar-refractivity contribution in [3.63, 3.8) is 0 Å². The molecule has 1 aromatic heterocycles. The molecule has 0 fully saturated rings. The first-order valence-corrected chi connectivity index (χ1v) is 5.06. The van der Waals surface area contributed by atoms with Crippen LogP contribution in [0.2, 0.25) is 0 Å². The van der Waals surface area contributed by atoms with Gasteiger partial charge in [-0.3, -0.25) is 0 Å². The van der Waals surface area contributed by atoms with Crippen molar-refractivity contribution in [3.05, 3.63) is 22.9 Å². The molecule has 1 rings (SSSR count). The molecule has 0 aliphatic rings. The summed E-state index contributed by atoms with van der Waals surface area (Å²) in [6.07, 6.45) is -8.58. The first-order chi connectivity index (χ1) is 8.65. The van der Waals surface area contributed by atoms with Crippen LogP contribution in [0, 0.1) is 0 Å². The molecule has 0 saturated heterocycles. The van der Waals surface area contributed by atoms with E-state index in [1.807, 2.05) is 0 Å². The van der Waals surface area contributed by atoms with Gasteiger partial charge >= 0.3 is 12.3 Å². The van der Waals surface area contributed by atoms with Gasteiger partial charge in [0.1, 0.15) is 5.56 Å². The summed E-state index contributed by atoms with van der Waals surface area (Å²) in [6.45, 7) is 0. The molecule has 0 atom stereocenters. The van der Waals surface area contributed by atoms with Crippen molar-refractivity contribution in [2.45, 2.75) is 18.7 Å². The molecule has 0 aromatic carbocycles. The second kappa shape index (κ2) is 5.55. The van der Waals surface area contributed by atoms with Crippen LogP contribution in [0.25, 0.3) is 0 Å². The van der Waals surface area contributed by atoms with E-state index in [0.717, 1.165) is 0 Å². The molecule has 19 heavy (non-hydrogen) atoms. The van der Waals surface area contributed by atoms with Crippen LogP contribution in [-0.4, -0.2) is 22.4 Å². The highest BCUT2D eigenvalue weighted by Gasteiger charge is 2.36. The molecular formula is C9H5ClF5NO3. The fourth-order valence-corrected chi connectivity index (χ4v) is 1.37. The number of alkyl halides is 6. The second-order valence-corrected chi connectivity index (χ2v) is 3.44. The number of pyridine rings is 1. The molecule has 0 spiro atoms. The van der Waals surface area contributed by atoms with Crippen molar-refractivity contribution < 1.29 is 36.6 Å². The first-order valence-electron chi connectivity index (χ1n) is 4.52. The maximum absolute atomic E-state index is 12.6. The van der Waals surface area contributed by atoms with Gasteiger partial charge in [-0.2, -0.15) is 0 Å². The largest absolute Gasteiger partial charge is 0.574 e. The molecule has 10 heteroatoms. The highest BCUT2D eigenvalue weighted by atomic mass is 35.5. The Morgan fingerprint density at radius 1 is 1.47 bits per heavy atom. The van der Waals surface area contributed by atoms with E-state index in [1.54, 1.807) is 0 Å². The number of hydrogen-bond donors (Lipinski definition) is 1. The van der Waals surface area contributed by atoms with Gasteiger partial charge in [-0.25, -0.2) is 18.6 Å². The summed E-state index contributed by atoms with van der Waals surface area (Å²) in [5, 5.41) is 8.70. The Balaban J connectivity index is 3.48. The van der Waals surface area contributed by atoms with Crippen LogP contribution in [0.15, 0.2) is 6.07 Å². The summed E-state index contributed by atoms with van der Waals surface area (Å²) in [4.78, 5) is 13.9. The number of ether oxygens (including phenoxy) is 1. The smallest absolute Gasteiger partial charge is 0.477 e. The first kappa shape index (κ1) is 15.4. The van der Waals surface area contributed by atoms with Crippen LogP contribution in [-0.2, 0) is 5.88 Å². The molecule has 0 saturated carbocycles. The number of carbonyl (C=O) groups is 1. The molecule has 1 heterocycles. The summed E-state index contributed by atoms with van der Waals surface area (Å²) in [6, 6.07) is 0.615. The van der Waals surface area contributed by atoms with E-state index in [0.29, 0.717) is 6.07 Å². The number of hydrogen-bond acceptors (Lipinski definition) is 3. The van der Waals surface area contributed by atoms with E-state index >= 15 is 0 Å². The van der Waals surface area contributed by atoms with Gasteiger partial charge in [-0.15, -0.1) is 24.8 Å². The molecule has 4 nitrogen and oxygen atoms in total. The van der Waals surface area contributed by atoms with Gasteiger partial charge in [0, 0.05) is 5.56 Å². The average Bonchev–Trinajstić information content (AvgIpc) is 2.24. The molecule has 1 N–H and O–H groups in total. The van der Waals surface area contributed by atoms with Crippen LogP contribution in [0.5, 0.6) is 5.88 Å². The van der Waals surface area contributed by atoms with E-state index < -0.39 is 41.6 Å². The lowest BCUT2D eigenvalue weighted by Gasteiger charge is -2.14. The van der Waals surface area contributed by atoms with E-state index in [-0.39, 0.29) is 5.69 Å². The fraction of sp³-hybridized carbons (Fsp3) is 0.333. The molecule has 0 bridgehead atoms. The summed E-state index contributed by atoms with van der Waals surface area (Å²) in [7, 11) is 0. The van der Waals surface area contributed by atoms with Crippen LogP contribution in [0.3, 0.4) is 0 Å². The Morgan fingerprint density at radius 3 is 2.42 bits per heavy atom. The minimum Gasteiger partial charge on any atom is -0.477 e. The number of carboxylic acid groups (broad SMARTS) is 1. The fourth-order valence-electron chi connectivity index (χ4n) is 1.23. The number of nitrogens with zero attached hydrogens (tertiary/aromatic N) is 1. The molecule has 0 unspecified atom stereocenters. The summed E-state index contributed by atoms with van der Waals surface area (Å²) >= 11 is 5.29. The second-order valence-electron chi connectivity index (χ2n) is 3.17. The Labute approximate surface area is 107 Å². The monoisotopic (exact) mass is 305 g/mol. The van der Waals surface area contributed by atoms with Gasteiger partial charge in [0.2, 0.25) is 5.88 Å². The van der Waals surface area contributed by atoms with Crippen LogP contribution >= 0.6 is 11.6 Å². The summed E-state index contributed by atoms with van der Waals surface area (Å²) < 4.78 is 64.9. The zero-order valence-corrected chi connectivity index (χ0v) is 9.60. The third-order valence-electron chi connectivity index (χ3n) is 1.87. The molecular weight excluding hydrogens is 301 g/mol. The Kier molecular flexibility index (Phi) is 4.51. The molecule has 0 aliphatic carbocycles. The van der Waals surface area contributed by atoms with Crippen molar-refractivity contribution in [2.24, 2.45) is 0 Å². The number of aromatic nitrogens is 1. The quantitative estimate of drug-likeness (QED) is 0.684.